The van der Waals surface area contributed by atoms with Gasteiger partial charge in [-0.3, -0.25) is 9.52 Å². The Balaban J connectivity index is 1.99. The van der Waals surface area contributed by atoms with E-state index >= 15 is 0 Å². The molecule has 0 unspecified atom stereocenters. The summed E-state index contributed by atoms with van der Waals surface area (Å²) in [4.78, 5) is 24.9. The molecule has 1 amide bonds. The minimum atomic E-state index is -4.12. The standard InChI is InChI=1S/C27H23N3O5S/c1-18(2)27(32)35-22-11-7-10-21(16-22)29-26(31)24(17-28)25(20-8-5-4-6-9-20)30-36(33,34)23-14-12-19(3)13-15-23/h4-16,30H,1H2,2-3H3,(H,29,31)/b25-24+. The van der Waals surface area contributed by atoms with E-state index < -0.39 is 27.5 Å². The summed E-state index contributed by atoms with van der Waals surface area (Å²) < 4.78 is 33.7. The zero-order chi connectivity index (χ0) is 26.3. The van der Waals surface area contributed by atoms with Gasteiger partial charge in [0.1, 0.15) is 17.4 Å². The van der Waals surface area contributed by atoms with Crippen LogP contribution in [0, 0.1) is 18.3 Å². The van der Waals surface area contributed by atoms with Crippen LogP contribution < -0.4 is 14.8 Å². The van der Waals surface area contributed by atoms with Crippen LogP contribution in [-0.2, 0) is 19.6 Å². The Labute approximate surface area is 209 Å². The van der Waals surface area contributed by atoms with Crippen LogP contribution in [0.4, 0.5) is 5.69 Å². The van der Waals surface area contributed by atoms with Crippen LogP contribution in [0.3, 0.4) is 0 Å². The molecular formula is C27H23N3O5S. The molecule has 8 nitrogen and oxygen atoms in total. The maximum absolute atomic E-state index is 13.1. The highest BCUT2D eigenvalue weighted by Gasteiger charge is 2.23. The van der Waals surface area contributed by atoms with Crippen LogP contribution in [0.2, 0.25) is 0 Å². The lowest BCUT2D eigenvalue weighted by atomic mass is 10.1. The highest BCUT2D eigenvalue weighted by Crippen LogP contribution is 2.23. The van der Waals surface area contributed by atoms with E-state index in [0.717, 1.165) is 5.56 Å². The number of aryl methyl sites for hydroxylation is 1. The highest BCUT2D eigenvalue weighted by molar-refractivity contribution is 7.89. The maximum Gasteiger partial charge on any atom is 0.338 e. The smallest absolute Gasteiger partial charge is 0.338 e. The van der Waals surface area contributed by atoms with Crippen LogP contribution >= 0.6 is 0 Å². The average molecular weight is 502 g/mol. The van der Waals surface area contributed by atoms with Crippen molar-refractivity contribution >= 4 is 33.3 Å². The Kier molecular flexibility index (Phi) is 8.04. The second kappa shape index (κ2) is 11.2. The predicted octanol–water partition coefficient (Wildman–Crippen LogP) is 4.33. The molecule has 3 aromatic rings. The molecule has 3 aromatic carbocycles. The van der Waals surface area contributed by atoms with Gasteiger partial charge in [-0.25, -0.2) is 13.2 Å². The van der Waals surface area contributed by atoms with E-state index in [1.54, 1.807) is 48.5 Å². The number of sulfonamides is 1. The van der Waals surface area contributed by atoms with E-state index in [1.165, 1.54) is 37.3 Å². The number of carbonyl (C=O) groups is 2. The van der Waals surface area contributed by atoms with Crippen LogP contribution in [0.15, 0.2) is 101 Å². The molecule has 0 spiro atoms. The molecule has 0 saturated carbocycles. The lowest BCUT2D eigenvalue weighted by Gasteiger charge is -2.15. The van der Waals surface area contributed by atoms with Gasteiger partial charge in [0, 0.05) is 22.9 Å². The number of hydrogen-bond acceptors (Lipinski definition) is 6. The van der Waals surface area contributed by atoms with E-state index in [4.69, 9.17) is 4.74 Å². The lowest BCUT2D eigenvalue weighted by molar-refractivity contribution is -0.130. The van der Waals surface area contributed by atoms with Crippen molar-refractivity contribution in [3.05, 3.63) is 108 Å². The topological polar surface area (TPSA) is 125 Å². The third-order valence-electron chi connectivity index (χ3n) is 4.87. The van der Waals surface area contributed by atoms with E-state index in [-0.39, 0.29) is 27.6 Å². The molecule has 0 aliphatic heterocycles. The van der Waals surface area contributed by atoms with Crippen LogP contribution in [0.25, 0.3) is 5.70 Å². The summed E-state index contributed by atoms with van der Waals surface area (Å²) in [5, 5.41) is 12.4. The van der Waals surface area contributed by atoms with Gasteiger partial charge >= 0.3 is 5.97 Å². The van der Waals surface area contributed by atoms with E-state index in [0.29, 0.717) is 5.56 Å². The van der Waals surface area contributed by atoms with Crippen molar-refractivity contribution in [3.8, 4) is 11.8 Å². The number of carbonyl (C=O) groups excluding carboxylic acids is 2. The number of nitriles is 1. The summed E-state index contributed by atoms with van der Waals surface area (Å²) in [6.07, 6.45) is 0. The van der Waals surface area contributed by atoms with E-state index in [9.17, 15) is 23.3 Å². The Bertz CT molecular complexity index is 1490. The van der Waals surface area contributed by atoms with Gasteiger partial charge in [-0.05, 0) is 38.1 Å². The lowest BCUT2D eigenvalue weighted by Crippen LogP contribution is -2.26. The van der Waals surface area contributed by atoms with Crippen LogP contribution in [0.1, 0.15) is 18.1 Å². The van der Waals surface area contributed by atoms with Crippen LogP contribution in [0.5, 0.6) is 5.75 Å². The van der Waals surface area contributed by atoms with Gasteiger partial charge in [-0.15, -0.1) is 0 Å². The minimum Gasteiger partial charge on any atom is -0.423 e. The fourth-order valence-corrected chi connectivity index (χ4v) is 4.12. The van der Waals surface area contributed by atoms with Gasteiger partial charge in [-0.2, -0.15) is 5.26 Å². The van der Waals surface area contributed by atoms with Gasteiger partial charge in [0.25, 0.3) is 15.9 Å². The normalized spacial score (nSPS) is 11.5. The molecule has 0 fully saturated rings. The first-order chi connectivity index (χ1) is 17.1. The number of esters is 1. The largest absolute Gasteiger partial charge is 0.423 e. The molecular weight excluding hydrogens is 478 g/mol. The monoisotopic (exact) mass is 501 g/mol. The molecule has 0 heterocycles. The molecule has 0 aliphatic rings. The Morgan fingerprint density at radius 2 is 1.64 bits per heavy atom. The first kappa shape index (κ1) is 25.9. The second-order valence-electron chi connectivity index (χ2n) is 7.80. The van der Waals surface area contributed by atoms with Crippen molar-refractivity contribution in [1.82, 2.24) is 4.72 Å². The summed E-state index contributed by atoms with van der Waals surface area (Å²) in [6, 6.07) is 22.1. The number of benzene rings is 3. The Morgan fingerprint density at radius 1 is 0.972 bits per heavy atom. The molecule has 0 radical (unpaired) electrons. The predicted molar refractivity (Wildman–Crippen MR) is 136 cm³/mol. The molecule has 3 rings (SSSR count). The second-order valence-corrected chi connectivity index (χ2v) is 9.48. The van der Waals surface area contributed by atoms with Crippen LogP contribution in [-0.4, -0.2) is 20.3 Å². The number of ether oxygens (including phenoxy) is 1. The summed E-state index contributed by atoms with van der Waals surface area (Å²) in [6.45, 7) is 6.84. The summed E-state index contributed by atoms with van der Waals surface area (Å²) >= 11 is 0. The molecule has 182 valence electrons. The number of nitrogens with one attached hydrogen (secondary N) is 2. The van der Waals surface area contributed by atoms with Crippen molar-refractivity contribution < 1.29 is 22.7 Å². The number of anilines is 1. The summed E-state index contributed by atoms with van der Waals surface area (Å²) in [7, 11) is -4.12. The van der Waals surface area contributed by atoms with Gasteiger partial charge < -0.3 is 10.1 Å². The average Bonchev–Trinajstić information content (AvgIpc) is 2.84. The number of amides is 1. The number of nitrogens with zero attached hydrogens (tertiary/aromatic N) is 1. The van der Waals surface area contributed by atoms with Gasteiger partial charge in [0.15, 0.2) is 0 Å². The maximum atomic E-state index is 13.1. The molecule has 0 bridgehead atoms. The number of hydrogen-bond donors (Lipinski definition) is 2. The summed E-state index contributed by atoms with van der Waals surface area (Å²) in [5.74, 6) is -1.33. The third kappa shape index (κ3) is 6.46. The third-order valence-corrected chi connectivity index (χ3v) is 6.24. The molecule has 0 saturated heterocycles. The first-order valence-corrected chi connectivity index (χ1v) is 12.2. The Hall–Kier alpha value is -4.68. The van der Waals surface area contributed by atoms with Crippen molar-refractivity contribution in [2.24, 2.45) is 0 Å². The zero-order valence-corrected chi connectivity index (χ0v) is 20.4. The molecule has 0 atom stereocenters. The molecule has 36 heavy (non-hydrogen) atoms. The molecule has 2 N–H and O–H groups in total. The van der Waals surface area contributed by atoms with Crippen molar-refractivity contribution in [3.63, 3.8) is 0 Å². The van der Waals surface area contributed by atoms with E-state index in [1.807, 2.05) is 13.0 Å². The SMILES string of the molecule is C=C(C)C(=O)Oc1cccc(NC(=O)/C(C#N)=C(/NS(=O)(=O)c2ccc(C)cc2)c2ccccc2)c1. The van der Waals surface area contributed by atoms with Crippen molar-refractivity contribution in [1.29, 1.82) is 5.26 Å². The minimum absolute atomic E-state index is 0.0220. The summed E-state index contributed by atoms with van der Waals surface area (Å²) in [5.41, 5.74) is 0.994. The van der Waals surface area contributed by atoms with Crippen molar-refractivity contribution in [2.75, 3.05) is 5.32 Å². The fourth-order valence-electron chi connectivity index (χ4n) is 3.02. The van der Waals surface area contributed by atoms with Gasteiger partial charge in [-0.1, -0.05) is 60.7 Å². The number of rotatable bonds is 8. The van der Waals surface area contributed by atoms with E-state index in [2.05, 4.69) is 16.6 Å². The first-order valence-electron chi connectivity index (χ1n) is 10.7. The molecule has 0 aliphatic carbocycles. The van der Waals surface area contributed by atoms with Gasteiger partial charge in [0.05, 0.1) is 10.6 Å². The molecule has 0 aromatic heterocycles. The van der Waals surface area contributed by atoms with Crippen molar-refractivity contribution in [2.45, 2.75) is 18.7 Å². The fraction of sp³-hybridized carbons (Fsp3) is 0.0741. The molecule has 9 heteroatoms. The Morgan fingerprint density at radius 3 is 2.25 bits per heavy atom. The highest BCUT2D eigenvalue weighted by atomic mass is 32.2. The van der Waals surface area contributed by atoms with Gasteiger partial charge in [0.2, 0.25) is 0 Å². The quantitative estimate of drug-likeness (QED) is 0.205. The zero-order valence-electron chi connectivity index (χ0n) is 19.6.